The van der Waals surface area contributed by atoms with E-state index >= 15 is 0 Å². The molecule has 0 saturated heterocycles. The lowest BCUT2D eigenvalue weighted by Gasteiger charge is -2.54. The zero-order valence-electron chi connectivity index (χ0n) is 12.5. The molecule has 0 aliphatic heterocycles. The molecule has 2 nitrogen and oxygen atoms in total. The minimum atomic E-state index is 0.363. The Morgan fingerprint density at radius 3 is 2.33 bits per heavy atom. The summed E-state index contributed by atoms with van der Waals surface area (Å²) in [5, 5.41) is 3.62. The van der Waals surface area contributed by atoms with Crippen LogP contribution in [-0.4, -0.2) is 24.8 Å². The van der Waals surface area contributed by atoms with Crippen LogP contribution in [0, 0.1) is 5.41 Å². The molecule has 2 heteroatoms. The average molecular weight is 253 g/mol. The minimum absolute atomic E-state index is 0.363. The second-order valence-corrected chi connectivity index (χ2v) is 6.44. The predicted octanol–water partition coefficient (Wildman–Crippen LogP) is 3.89. The van der Waals surface area contributed by atoms with Gasteiger partial charge in [-0.15, -0.1) is 0 Å². The lowest BCUT2D eigenvalue weighted by atomic mass is 9.61. The van der Waals surface area contributed by atoms with Crippen LogP contribution in [0.4, 0.5) is 0 Å². The number of ether oxygens (including phenoxy) is 1. The molecule has 2 aliphatic carbocycles. The van der Waals surface area contributed by atoms with E-state index < -0.39 is 0 Å². The van der Waals surface area contributed by atoms with Crippen molar-refractivity contribution >= 4 is 0 Å². The van der Waals surface area contributed by atoms with Gasteiger partial charge in [-0.2, -0.15) is 0 Å². The van der Waals surface area contributed by atoms with E-state index in [2.05, 4.69) is 26.1 Å². The Labute approximate surface area is 113 Å². The van der Waals surface area contributed by atoms with E-state index in [4.69, 9.17) is 4.74 Å². The molecule has 0 bridgehead atoms. The maximum atomic E-state index is 6.45. The summed E-state index contributed by atoms with van der Waals surface area (Å²) in [7, 11) is 0. The van der Waals surface area contributed by atoms with Gasteiger partial charge in [0, 0.05) is 11.5 Å². The summed E-state index contributed by atoms with van der Waals surface area (Å²) >= 11 is 0. The molecular weight excluding hydrogens is 222 g/mol. The third-order valence-electron chi connectivity index (χ3n) is 5.35. The smallest absolute Gasteiger partial charge is 0.0662 e. The van der Waals surface area contributed by atoms with Gasteiger partial charge in [0.25, 0.3) is 0 Å². The molecule has 0 radical (unpaired) electrons. The van der Waals surface area contributed by atoms with Crippen molar-refractivity contribution in [2.75, 3.05) is 6.54 Å². The Hall–Kier alpha value is -0.0800. The van der Waals surface area contributed by atoms with E-state index in [1.165, 1.54) is 51.4 Å². The summed E-state index contributed by atoms with van der Waals surface area (Å²) in [6.45, 7) is 8.00. The van der Waals surface area contributed by atoms with Gasteiger partial charge in [-0.25, -0.2) is 0 Å². The van der Waals surface area contributed by atoms with Crippen LogP contribution in [0.3, 0.4) is 0 Å². The quantitative estimate of drug-likeness (QED) is 0.750. The fraction of sp³-hybridized carbons (Fsp3) is 1.00. The van der Waals surface area contributed by atoms with Gasteiger partial charge in [-0.3, -0.25) is 0 Å². The normalized spacial score (nSPS) is 38.2. The standard InChI is InChI=1S/C16H31NO/c1-4-16(3)14(17-5-2)12-15(16)18-13-10-8-6-7-9-11-13/h13-15,17H,4-12H2,1-3H3. The molecule has 2 rings (SSSR count). The van der Waals surface area contributed by atoms with Gasteiger partial charge in [0.05, 0.1) is 12.2 Å². The summed E-state index contributed by atoms with van der Waals surface area (Å²) in [5.74, 6) is 0. The number of hydrogen-bond acceptors (Lipinski definition) is 2. The van der Waals surface area contributed by atoms with Crippen molar-refractivity contribution in [3.63, 3.8) is 0 Å². The van der Waals surface area contributed by atoms with E-state index in [9.17, 15) is 0 Å². The van der Waals surface area contributed by atoms with Crippen LogP contribution in [0.5, 0.6) is 0 Å². The van der Waals surface area contributed by atoms with Crippen LogP contribution in [0.2, 0.25) is 0 Å². The monoisotopic (exact) mass is 253 g/mol. The maximum Gasteiger partial charge on any atom is 0.0662 e. The van der Waals surface area contributed by atoms with E-state index in [0.29, 0.717) is 23.7 Å². The predicted molar refractivity (Wildman–Crippen MR) is 76.8 cm³/mol. The maximum absolute atomic E-state index is 6.45. The van der Waals surface area contributed by atoms with Crippen molar-refractivity contribution in [2.24, 2.45) is 5.41 Å². The van der Waals surface area contributed by atoms with Crippen molar-refractivity contribution < 1.29 is 4.74 Å². The SMILES string of the molecule is CCNC1CC(OC2CCCCCC2)C1(C)CC. The van der Waals surface area contributed by atoms with Crippen LogP contribution in [-0.2, 0) is 4.74 Å². The van der Waals surface area contributed by atoms with Crippen LogP contribution < -0.4 is 5.32 Å². The Balaban J connectivity index is 1.85. The third-order valence-corrected chi connectivity index (χ3v) is 5.35. The van der Waals surface area contributed by atoms with Crippen LogP contribution in [0.1, 0.15) is 72.1 Å². The fourth-order valence-electron chi connectivity index (χ4n) is 3.67. The summed E-state index contributed by atoms with van der Waals surface area (Å²) in [5.41, 5.74) is 0.363. The van der Waals surface area contributed by atoms with Gasteiger partial charge in [-0.1, -0.05) is 46.5 Å². The second-order valence-electron chi connectivity index (χ2n) is 6.44. The van der Waals surface area contributed by atoms with Crippen LogP contribution >= 0.6 is 0 Å². The van der Waals surface area contributed by atoms with Gasteiger partial charge in [0.1, 0.15) is 0 Å². The topological polar surface area (TPSA) is 21.3 Å². The molecule has 2 saturated carbocycles. The van der Waals surface area contributed by atoms with Crippen molar-refractivity contribution in [1.29, 1.82) is 0 Å². The van der Waals surface area contributed by atoms with E-state index in [0.717, 1.165) is 6.54 Å². The molecule has 3 atom stereocenters. The number of nitrogens with one attached hydrogen (secondary N) is 1. The van der Waals surface area contributed by atoms with E-state index in [1.54, 1.807) is 0 Å². The van der Waals surface area contributed by atoms with Crippen molar-refractivity contribution in [3.05, 3.63) is 0 Å². The Morgan fingerprint density at radius 2 is 1.78 bits per heavy atom. The number of rotatable bonds is 5. The molecule has 0 aromatic carbocycles. The highest BCUT2D eigenvalue weighted by atomic mass is 16.5. The summed E-state index contributed by atoms with van der Waals surface area (Å²) in [4.78, 5) is 0. The lowest BCUT2D eigenvalue weighted by Crippen LogP contribution is -2.62. The molecule has 0 spiro atoms. The van der Waals surface area contributed by atoms with Crippen molar-refractivity contribution in [2.45, 2.75) is 90.4 Å². The molecule has 0 aromatic heterocycles. The first-order chi connectivity index (χ1) is 8.70. The first kappa shape index (κ1) is 14.3. The molecule has 0 heterocycles. The zero-order chi connectivity index (χ0) is 13.0. The van der Waals surface area contributed by atoms with Gasteiger partial charge in [-0.05, 0) is 32.2 Å². The summed E-state index contributed by atoms with van der Waals surface area (Å²) in [6, 6.07) is 0.670. The Morgan fingerprint density at radius 1 is 1.11 bits per heavy atom. The molecule has 3 unspecified atom stereocenters. The highest BCUT2D eigenvalue weighted by molar-refractivity contribution is 5.04. The molecule has 18 heavy (non-hydrogen) atoms. The second kappa shape index (κ2) is 6.38. The minimum Gasteiger partial charge on any atom is -0.374 e. The molecule has 106 valence electrons. The van der Waals surface area contributed by atoms with Gasteiger partial charge in [0.15, 0.2) is 0 Å². The van der Waals surface area contributed by atoms with Crippen molar-refractivity contribution in [3.8, 4) is 0 Å². The van der Waals surface area contributed by atoms with E-state index in [1.807, 2.05) is 0 Å². The molecule has 1 N–H and O–H groups in total. The summed E-state index contributed by atoms with van der Waals surface area (Å²) < 4.78 is 6.45. The van der Waals surface area contributed by atoms with Crippen molar-refractivity contribution in [1.82, 2.24) is 5.32 Å². The molecule has 0 amide bonds. The highest BCUT2D eigenvalue weighted by Gasteiger charge is 2.51. The molecular formula is C16H31NO. The van der Waals surface area contributed by atoms with Crippen LogP contribution in [0.15, 0.2) is 0 Å². The molecule has 0 aromatic rings. The number of hydrogen-bond donors (Lipinski definition) is 1. The molecule has 2 aliphatic rings. The van der Waals surface area contributed by atoms with Gasteiger partial charge < -0.3 is 10.1 Å². The van der Waals surface area contributed by atoms with E-state index in [-0.39, 0.29) is 0 Å². The first-order valence-corrected chi connectivity index (χ1v) is 8.09. The first-order valence-electron chi connectivity index (χ1n) is 8.09. The highest BCUT2D eigenvalue weighted by Crippen LogP contribution is 2.47. The van der Waals surface area contributed by atoms with Gasteiger partial charge in [0.2, 0.25) is 0 Å². The molecule has 2 fully saturated rings. The Kier molecular flexibility index (Phi) is 5.08. The van der Waals surface area contributed by atoms with Gasteiger partial charge >= 0.3 is 0 Å². The zero-order valence-corrected chi connectivity index (χ0v) is 12.5. The lowest BCUT2D eigenvalue weighted by molar-refractivity contribution is -0.159. The average Bonchev–Trinajstić information content (AvgIpc) is 2.65. The van der Waals surface area contributed by atoms with Crippen LogP contribution in [0.25, 0.3) is 0 Å². The summed E-state index contributed by atoms with van der Waals surface area (Å²) in [6.07, 6.45) is 11.6. The largest absolute Gasteiger partial charge is 0.374 e. The third kappa shape index (κ3) is 2.91. The fourth-order valence-corrected chi connectivity index (χ4v) is 3.67. The Bertz CT molecular complexity index is 247.